The first-order chi connectivity index (χ1) is 7.16. The summed E-state index contributed by atoms with van der Waals surface area (Å²) < 4.78 is 1.92. The van der Waals surface area contributed by atoms with Gasteiger partial charge >= 0.3 is 0 Å². The molecule has 1 aliphatic heterocycles. The van der Waals surface area contributed by atoms with Crippen molar-refractivity contribution in [2.45, 2.75) is 19.8 Å². The van der Waals surface area contributed by atoms with Gasteiger partial charge in [-0.25, -0.2) is 0 Å². The first-order valence-corrected chi connectivity index (χ1v) is 5.58. The molecule has 2 rings (SSSR count). The van der Waals surface area contributed by atoms with Crippen LogP contribution >= 0.6 is 0 Å². The minimum atomic E-state index is 0.183. The lowest BCUT2D eigenvalue weighted by atomic mass is 10.00. The van der Waals surface area contributed by atoms with Gasteiger partial charge in [0.1, 0.15) is 0 Å². The Balaban J connectivity index is 2.07. The Morgan fingerprint density at radius 1 is 1.53 bits per heavy atom. The highest BCUT2D eigenvalue weighted by Crippen LogP contribution is 2.17. The molecule has 1 aromatic rings. The molecular weight excluding hydrogens is 188 g/mol. The highest BCUT2D eigenvalue weighted by Gasteiger charge is 2.22. The normalized spacial score (nSPS) is 21.7. The molecule has 0 saturated carbocycles. The van der Waals surface area contributed by atoms with Crippen molar-refractivity contribution in [2.75, 3.05) is 13.1 Å². The van der Waals surface area contributed by atoms with Crippen LogP contribution in [-0.4, -0.2) is 28.5 Å². The number of aromatic nitrogens is 1. The largest absolute Gasteiger partial charge is 0.356 e. The Labute approximate surface area is 90.7 Å². The van der Waals surface area contributed by atoms with Crippen molar-refractivity contribution in [3.63, 3.8) is 0 Å². The number of carbonyl (C=O) groups is 1. The van der Waals surface area contributed by atoms with Gasteiger partial charge in [0.2, 0.25) is 0 Å². The number of nitrogens with zero attached hydrogens (tertiary/aromatic N) is 2. The van der Waals surface area contributed by atoms with Crippen molar-refractivity contribution >= 4 is 5.91 Å². The van der Waals surface area contributed by atoms with Gasteiger partial charge in [0.25, 0.3) is 5.91 Å². The maximum absolute atomic E-state index is 12.1. The Morgan fingerprint density at radius 2 is 2.33 bits per heavy atom. The number of hydrogen-bond acceptors (Lipinski definition) is 1. The molecule has 2 heterocycles. The number of rotatable bonds is 1. The molecule has 1 saturated heterocycles. The Kier molecular flexibility index (Phi) is 2.80. The van der Waals surface area contributed by atoms with Crippen LogP contribution in [-0.2, 0) is 7.05 Å². The second-order valence-electron chi connectivity index (χ2n) is 4.56. The van der Waals surface area contributed by atoms with Crippen LogP contribution in [0.3, 0.4) is 0 Å². The molecule has 0 aliphatic carbocycles. The molecule has 3 heteroatoms. The number of piperidine rings is 1. The topological polar surface area (TPSA) is 25.2 Å². The maximum atomic E-state index is 12.1. The van der Waals surface area contributed by atoms with Gasteiger partial charge in [-0.2, -0.15) is 0 Å². The summed E-state index contributed by atoms with van der Waals surface area (Å²) >= 11 is 0. The summed E-state index contributed by atoms with van der Waals surface area (Å²) in [6.45, 7) is 4.04. The summed E-state index contributed by atoms with van der Waals surface area (Å²) in [5, 5.41) is 0. The second-order valence-corrected chi connectivity index (χ2v) is 4.56. The van der Waals surface area contributed by atoms with E-state index in [2.05, 4.69) is 6.92 Å². The molecule has 0 spiro atoms. The van der Waals surface area contributed by atoms with E-state index in [-0.39, 0.29) is 5.91 Å². The first-order valence-electron chi connectivity index (χ1n) is 5.58. The van der Waals surface area contributed by atoms with E-state index < -0.39 is 0 Å². The molecule has 1 aromatic heterocycles. The Morgan fingerprint density at radius 3 is 2.93 bits per heavy atom. The molecular formula is C12H18N2O. The summed E-state index contributed by atoms with van der Waals surface area (Å²) in [7, 11) is 1.94. The summed E-state index contributed by atoms with van der Waals surface area (Å²) in [6, 6.07) is 1.89. The standard InChI is InChI=1S/C12H18N2O/c1-10-4-3-6-14(8-10)12(15)11-5-7-13(2)9-11/h5,7,9-10H,3-4,6,8H2,1-2H3. The van der Waals surface area contributed by atoms with E-state index in [1.165, 1.54) is 6.42 Å². The summed E-state index contributed by atoms with van der Waals surface area (Å²) in [6.07, 6.45) is 6.19. The molecule has 1 aliphatic rings. The molecule has 1 amide bonds. The van der Waals surface area contributed by atoms with E-state index in [0.717, 1.165) is 25.1 Å². The highest BCUT2D eigenvalue weighted by atomic mass is 16.2. The number of amides is 1. The van der Waals surface area contributed by atoms with E-state index in [0.29, 0.717) is 5.92 Å². The van der Waals surface area contributed by atoms with Crippen LogP contribution in [0, 0.1) is 5.92 Å². The number of hydrogen-bond donors (Lipinski definition) is 0. The second kappa shape index (κ2) is 4.09. The van der Waals surface area contributed by atoms with Crippen molar-refractivity contribution in [3.05, 3.63) is 24.0 Å². The monoisotopic (exact) mass is 206 g/mol. The van der Waals surface area contributed by atoms with Gasteiger partial charge < -0.3 is 9.47 Å². The van der Waals surface area contributed by atoms with Gasteiger partial charge in [-0.3, -0.25) is 4.79 Å². The average Bonchev–Trinajstić information content (AvgIpc) is 2.64. The maximum Gasteiger partial charge on any atom is 0.255 e. The van der Waals surface area contributed by atoms with Gasteiger partial charge in [0.05, 0.1) is 5.56 Å². The van der Waals surface area contributed by atoms with Crippen LogP contribution in [0.5, 0.6) is 0 Å². The quantitative estimate of drug-likeness (QED) is 0.689. The van der Waals surface area contributed by atoms with E-state index >= 15 is 0 Å². The van der Waals surface area contributed by atoms with Crippen molar-refractivity contribution in [3.8, 4) is 0 Å². The van der Waals surface area contributed by atoms with Crippen molar-refractivity contribution in [1.82, 2.24) is 9.47 Å². The predicted molar refractivity (Wildman–Crippen MR) is 59.7 cm³/mol. The minimum absolute atomic E-state index is 0.183. The average molecular weight is 206 g/mol. The highest BCUT2D eigenvalue weighted by molar-refractivity contribution is 5.94. The van der Waals surface area contributed by atoms with Gasteiger partial charge in [0, 0.05) is 32.5 Å². The molecule has 82 valence electrons. The van der Waals surface area contributed by atoms with Gasteiger partial charge in [-0.15, -0.1) is 0 Å². The SMILES string of the molecule is CC1CCCN(C(=O)c2ccn(C)c2)C1. The van der Waals surface area contributed by atoms with Crippen LogP contribution in [0.15, 0.2) is 18.5 Å². The van der Waals surface area contributed by atoms with E-state index in [4.69, 9.17) is 0 Å². The third kappa shape index (κ3) is 2.22. The molecule has 0 radical (unpaired) electrons. The molecule has 1 fully saturated rings. The van der Waals surface area contributed by atoms with Gasteiger partial charge in [-0.1, -0.05) is 6.92 Å². The van der Waals surface area contributed by atoms with Crippen molar-refractivity contribution in [1.29, 1.82) is 0 Å². The van der Waals surface area contributed by atoms with Crippen molar-refractivity contribution in [2.24, 2.45) is 13.0 Å². The third-order valence-electron chi connectivity index (χ3n) is 3.02. The lowest BCUT2D eigenvalue weighted by molar-refractivity contribution is 0.0683. The van der Waals surface area contributed by atoms with Crippen LogP contribution in [0.2, 0.25) is 0 Å². The fourth-order valence-electron chi connectivity index (χ4n) is 2.19. The van der Waals surface area contributed by atoms with Crippen LogP contribution in [0.4, 0.5) is 0 Å². The van der Waals surface area contributed by atoms with Gasteiger partial charge in [-0.05, 0) is 24.8 Å². The third-order valence-corrected chi connectivity index (χ3v) is 3.02. The number of carbonyl (C=O) groups excluding carboxylic acids is 1. The molecule has 3 nitrogen and oxygen atoms in total. The zero-order valence-corrected chi connectivity index (χ0v) is 9.44. The zero-order valence-electron chi connectivity index (χ0n) is 9.44. The minimum Gasteiger partial charge on any atom is -0.356 e. The zero-order chi connectivity index (χ0) is 10.8. The fourth-order valence-corrected chi connectivity index (χ4v) is 2.19. The van der Waals surface area contributed by atoms with E-state index in [1.54, 1.807) is 0 Å². The molecule has 0 aromatic carbocycles. The number of aryl methyl sites for hydroxylation is 1. The predicted octanol–water partition coefficient (Wildman–Crippen LogP) is 1.90. The smallest absolute Gasteiger partial charge is 0.255 e. The summed E-state index contributed by atoms with van der Waals surface area (Å²) in [5.74, 6) is 0.827. The van der Waals surface area contributed by atoms with E-state index in [9.17, 15) is 4.79 Å². The summed E-state index contributed by atoms with van der Waals surface area (Å²) in [5.41, 5.74) is 0.812. The van der Waals surface area contributed by atoms with Crippen molar-refractivity contribution < 1.29 is 4.79 Å². The van der Waals surface area contributed by atoms with Crippen LogP contribution in [0.25, 0.3) is 0 Å². The molecule has 15 heavy (non-hydrogen) atoms. The molecule has 0 N–H and O–H groups in total. The lowest BCUT2D eigenvalue weighted by Gasteiger charge is -2.30. The Hall–Kier alpha value is -1.25. The fraction of sp³-hybridized carbons (Fsp3) is 0.583. The van der Waals surface area contributed by atoms with Gasteiger partial charge in [0.15, 0.2) is 0 Å². The van der Waals surface area contributed by atoms with Crippen LogP contribution in [0.1, 0.15) is 30.1 Å². The molecule has 0 bridgehead atoms. The number of likely N-dealkylation sites (tertiary alicyclic amines) is 1. The summed E-state index contributed by atoms with van der Waals surface area (Å²) in [4.78, 5) is 14.0. The van der Waals surface area contributed by atoms with E-state index in [1.807, 2.05) is 35.0 Å². The molecule has 1 unspecified atom stereocenters. The first kappa shape index (κ1) is 10.3. The Bertz CT molecular complexity index is 356. The molecule has 1 atom stereocenters. The lowest BCUT2D eigenvalue weighted by Crippen LogP contribution is -2.38. The van der Waals surface area contributed by atoms with Crippen LogP contribution < -0.4 is 0 Å².